The van der Waals surface area contributed by atoms with Crippen LogP contribution in [0.5, 0.6) is 0 Å². The summed E-state index contributed by atoms with van der Waals surface area (Å²) in [6, 6.07) is 9.76. The Morgan fingerprint density at radius 2 is 2.06 bits per heavy atom. The summed E-state index contributed by atoms with van der Waals surface area (Å²) in [5.74, 6) is 1.31. The predicted molar refractivity (Wildman–Crippen MR) is 62.4 cm³/mol. The highest BCUT2D eigenvalue weighted by atomic mass is 15.1. The molecule has 0 N–H and O–H groups in total. The van der Waals surface area contributed by atoms with E-state index in [4.69, 9.17) is 5.26 Å². The molecule has 0 saturated carbocycles. The van der Waals surface area contributed by atoms with Gasteiger partial charge in [0.1, 0.15) is 11.9 Å². The molecule has 0 aliphatic carbocycles. The summed E-state index contributed by atoms with van der Waals surface area (Å²) in [5, 5.41) is 9.06. The molecule has 2 rings (SSSR count). The molecule has 0 atom stereocenters. The van der Waals surface area contributed by atoms with Crippen LogP contribution in [0.15, 0.2) is 36.7 Å². The maximum absolute atomic E-state index is 9.06. The second kappa shape index (κ2) is 4.19. The summed E-state index contributed by atoms with van der Waals surface area (Å²) in [7, 11) is 0. The standard InChI is InChI=1S/C13H13N3/c1-10(2)13-15-7-8-16(13)12-6-4-3-5-11(12)9-14/h3-8,10H,1-2H3. The molecule has 1 heterocycles. The second-order valence-electron chi connectivity index (χ2n) is 3.94. The molecule has 16 heavy (non-hydrogen) atoms. The Balaban J connectivity index is 2.60. The monoisotopic (exact) mass is 211 g/mol. The number of aromatic nitrogens is 2. The minimum Gasteiger partial charge on any atom is -0.302 e. The highest BCUT2D eigenvalue weighted by Crippen LogP contribution is 2.20. The number of benzene rings is 1. The Morgan fingerprint density at radius 3 is 2.75 bits per heavy atom. The average molecular weight is 211 g/mol. The van der Waals surface area contributed by atoms with Crippen LogP contribution < -0.4 is 0 Å². The number of rotatable bonds is 2. The molecule has 0 saturated heterocycles. The lowest BCUT2D eigenvalue weighted by Crippen LogP contribution is -2.03. The van der Waals surface area contributed by atoms with Gasteiger partial charge in [0.05, 0.1) is 11.3 Å². The topological polar surface area (TPSA) is 41.6 Å². The zero-order valence-electron chi connectivity index (χ0n) is 9.38. The zero-order chi connectivity index (χ0) is 11.5. The second-order valence-corrected chi connectivity index (χ2v) is 3.94. The molecule has 1 aromatic heterocycles. The van der Waals surface area contributed by atoms with E-state index < -0.39 is 0 Å². The van der Waals surface area contributed by atoms with Gasteiger partial charge in [0.2, 0.25) is 0 Å². The quantitative estimate of drug-likeness (QED) is 0.766. The van der Waals surface area contributed by atoms with Crippen LogP contribution >= 0.6 is 0 Å². The van der Waals surface area contributed by atoms with E-state index in [-0.39, 0.29) is 0 Å². The van der Waals surface area contributed by atoms with E-state index in [0.717, 1.165) is 11.5 Å². The molecule has 0 amide bonds. The molecule has 1 aromatic carbocycles. The van der Waals surface area contributed by atoms with Gasteiger partial charge in [0.25, 0.3) is 0 Å². The highest BCUT2D eigenvalue weighted by molar-refractivity contribution is 5.49. The molecule has 0 aliphatic rings. The first-order valence-corrected chi connectivity index (χ1v) is 5.26. The fraction of sp³-hybridized carbons (Fsp3) is 0.231. The van der Waals surface area contributed by atoms with Gasteiger partial charge in [-0.15, -0.1) is 0 Å². The lowest BCUT2D eigenvalue weighted by molar-refractivity contribution is 0.751. The molecule has 2 aromatic rings. The molecule has 0 spiro atoms. The molecule has 3 nitrogen and oxygen atoms in total. The Labute approximate surface area is 95.0 Å². The van der Waals surface area contributed by atoms with Crippen molar-refractivity contribution in [3.8, 4) is 11.8 Å². The summed E-state index contributed by atoms with van der Waals surface area (Å²) in [6.45, 7) is 4.18. The summed E-state index contributed by atoms with van der Waals surface area (Å²) in [6.07, 6.45) is 3.66. The van der Waals surface area contributed by atoms with E-state index >= 15 is 0 Å². The molecule has 0 aliphatic heterocycles. The maximum Gasteiger partial charge on any atom is 0.115 e. The first-order chi connectivity index (χ1) is 7.74. The van der Waals surface area contributed by atoms with Crippen LogP contribution in [0.3, 0.4) is 0 Å². The third kappa shape index (κ3) is 1.70. The zero-order valence-corrected chi connectivity index (χ0v) is 9.38. The summed E-state index contributed by atoms with van der Waals surface area (Å²) in [5.41, 5.74) is 1.56. The van der Waals surface area contributed by atoms with Gasteiger partial charge in [0, 0.05) is 18.3 Å². The Hall–Kier alpha value is -2.08. The first kappa shape index (κ1) is 10.4. The average Bonchev–Trinajstić information content (AvgIpc) is 2.77. The largest absolute Gasteiger partial charge is 0.302 e. The SMILES string of the molecule is CC(C)c1nccn1-c1ccccc1C#N. The molecule has 3 heteroatoms. The van der Waals surface area contributed by atoms with Gasteiger partial charge in [-0.05, 0) is 12.1 Å². The maximum atomic E-state index is 9.06. The van der Waals surface area contributed by atoms with E-state index in [9.17, 15) is 0 Å². The number of hydrogen-bond acceptors (Lipinski definition) is 2. The molecular weight excluding hydrogens is 198 g/mol. The molecule has 0 unspecified atom stereocenters. The summed E-state index contributed by atoms with van der Waals surface area (Å²) < 4.78 is 1.98. The minimum atomic E-state index is 0.335. The Kier molecular flexibility index (Phi) is 2.74. The van der Waals surface area contributed by atoms with Gasteiger partial charge < -0.3 is 4.57 Å². The highest BCUT2D eigenvalue weighted by Gasteiger charge is 2.10. The third-order valence-electron chi connectivity index (χ3n) is 2.47. The number of imidazole rings is 1. The fourth-order valence-corrected chi connectivity index (χ4v) is 1.72. The van der Waals surface area contributed by atoms with Crippen molar-refractivity contribution in [2.75, 3.05) is 0 Å². The van der Waals surface area contributed by atoms with E-state index in [1.54, 1.807) is 6.20 Å². The molecule has 0 radical (unpaired) electrons. The van der Waals surface area contributed by atoms with Gasteiger partial charge in [-0.25, -0.2) is 4.98 Å². The lowest BCUT2D eigenvalue weighted by atomic mass is 10.1. The van der Waals surface area contributed by atoms with Crippen LogP contribution in [0.4, 0.5) is 0 Å². The minimum absolute atomic E-state index is 0.335. The smallest absolute Gasteiger partial charge is 0.115 e. The molecule has 0 bridgehead atoms. The number of nitrogens with zero attached hydrogens (tertiary/aromatic N) is 3. The number of nitriles is 1. The van der Waals surface area contributed by atoms with Crippen LogP contribution in [-0.2, 0) is 0 Å². The van der Waals surface area contributed by atoms with E-state index in [2.05, 4.69) is 24.9 Å². The van der Waals surface area contributed by atoms with Crippen LogP contribution in [0, 0.1) is 11.3 Å². The van der Waals surface area contributed by atoms with Crippen LogP contribution in [-0.4, -0.2) is 9.55 Å². The fourth-order valence-electron chi connectivity index (χ4n) is 1.72. The van der Waals surface area contributed by atoms with Crippen molar-refractivity contribution in [2.45, 2.75) is 19.8 Å². The van der Waals surface area contributed by atoms with Gasteiger partial charge in [-0.1, -0.05) is 26.0 Å². The van der Waals surface area contributed by atoms with Crippen molar-refractivity contribution < 1.29 is 0 Å². The predicted octanol–water partition coefficient (Wildman–Crippen LogP) is 2.87. The Bertz CT molecular complexity index is 532. The molecule has 0 fully saturated rings. The van der Waals surface area contributed by atoms with Gasteiger partial charge in [0.15, 0.2) is 0 Å². The van der Waals surface area contributed by atoms with Crippen molar-refractivity contribution in [3.05, 3.63) is 48.0 Å². The van der Waals surface area contributed by atoms with Crippen molar-refractivity contribution in [2.24, 2.45) is 0 Å². The van der Waals surface area contributed by atoms with Gasteiger partial charge in [-0.3, -0.25) is 0 Å². The number of para-hydroxylation sites is 1. The summed E-state index contributed by atoms with van der Waals surface area (Å²) in [4.78, 5) is 4.32. The van der Waals surface area contributed by atoms with Crippen molar-refractivity contribution in [1.29, 1.82) is 5.26 Å². The lowest BCUT2D eigenvalue weighted by Gasteiger charge is -2.11. The first-order valence-electron chi connectivity index (χ1n) is 5.26. The van der Waals surface area contributed by atoms with E-state index in [1.165, 1.54) is 0 Å². The van der Waals surface area contributed by atoms with Crippen LogP contribution in [0.1, 0.15) is 31.2 Å². The third-order valence-corrected chi connectivity index (χ3v) is 2.47. The van der Waals surface area contributed by atoms with E-state index in [1.807, 2.05) is 35.0 Å². The van der Waals surface area contributed by atoms with Gasteiger partial charge in [-0.2, -0.15) is 5.26 Å². The summed E-state index contributed by atoms with van der Waals surface area (Å²) >= 11 is 0. The van der Waals surface area contributed by atoms with Crippen molar-refractivity contribution >= 4 is 0 Å². The normalized spacial score (nSPS) is 10.4. The van der Waals surface area contributed by atoms with Crippen LogP contribution in [0.2, 0.25) is 0 Å². The number of hydrogen-bond donors (Lipinski definition) is 0. The van der Waals surface area contributed by atoms with E-state index in [0.29, 0.717) is 11.5 Å². The Morgan fingerprint density at radius 1 is 1.31 bits per heavy atom. The molecule has 80 valence electrons. The van der Waals surface area contributed by atoms with Crippen molar-refractivity contribution in [1.82, 2.24) is 9.55 Å². The van der Waals surface area contributed by atoms with Crippen molar-refractivity contribution in [3.63, 3.8) is 0 Å². The van der Waals surface area contributed by atoms with Gasteiger partial charge >= 0.3 is 0 Å². The molecular formula is C13H13N3. The van der Waals surface area contributed by atoms with Crippen LogP contribution in [0.25, 0.3) is 5.69 Å².